The molecule has 7 heteroatoms. The van der Waals surface area contributed by atoms with Crippen molar-refractivity contribution in [3.05, 3.63) is 53.0 Å². The normalized spacial score (nSPS) is 11.4. The summed E-state index contributed by atoms with van der Waals surface area (Å²) < 4.78 is 56.0. The largest absolute Gasteiger partial charge is 0.465 e. The van der Waals surface area contributed by atoms with E-state index in [0.717, 1.165) is 12.1 Å². The third-order valence-corrected chi connectivity index (χ3v) is 3.06. The molecule has 1 aromatic carbocycles. The third-order valence-electron chi connectivity index (χ3n) is 3.06. The van der Waals surface area contributed by atoms with Crippen molar-refractivity contribution >= 4 is 5.97 Å². The molecule has 2 aromatic rings. The van der Waals surface area contributed by atoms with Crippen molar-refractivity contribution in [2.45, 2.75) is 13.1 Å². The first-order valence-electron chi connectivity index (χ1n) is 6.17. The van der Waals surface area contributed by atoms with Crippen molar-refractivity contribution < 1.29 is 27.1 Å². The fraction of sp³-hybridized carbons (Fsp3) is 0.200. The van der Waals surface area contributed by atoms with Crippen LogP contribution in [-0.4, -0.2) is 18.1 Å². The van der Waals surface area contributed by atoms with Crippen LogP contribution in [0.1, 0.15) is 21.6 Å². The van der Waals surface area contributed by atoms with E-state index in [2.05, 4.69) is 9.72 Å². The lowest BCUT2D eigenvalue weighted by Crippen LogP contribution is -2.07. The highest BCUT2D eigenvalue weighted by atomic mass is 19.4. The first-order valence-corrected chi connectivity index (χ1v) is 6.17. The number of nitrogens with zero attached hydrogens (tertiary/aromatic N) is 1. The van der Waals surface area contributed by atoms with E-state index in [4.69, 9.17) is 0 Å². The molecule has 116 valence electrons. The number of hydrogen-bond donors (Lipinski definition) is 0. The van der Waals surface area contributed by atoms with Crippen molar-refractivity contribution in [3.63, 3.8) is 0 Å². The van der Waals surface area contributed by atoms with Gasteiger partial charge in [-0.15, -0.1) is 0 Å². The Labute approximate surface area is 123 Å². The third kappa shape index (κ3) is 3.08. The summed E-state index contributed by atoms with van der Waals surface area (Å²) in [5.41, 5.74) is -0.511. The first-order chi connectivity index (χ1) is 10.2. The second kappa shape index (κ2) is 5.75. The van der Waals surface area contributed by atoms with E-state index < -0.39 is 23.5 Å². The Hall–Kier alpha value is -2.44. The SMILES string of the molecule is COC(=O)c1ccc(-c2ccc(C(F)(F)F)cc2F)nc1C. The number of rotatable bonds is 2. The summed E-state index contributed by atoms with van der Waals surface area (Å²) in [4.78, 5) is 15.5. The first kappa shape index (κ1) is 15.9. The molecular formula is C15H11F4NO2. The van der Waals surface area contributed by atoms with Gasteiger partial charge < -0.3 is 4.74 Å². The molecule has 0 radical (unpaired) electrons. The van der Waals surface area contributed by atoms with Gasteiger partial charge in [0, 0.05) is 5.56 Å². The Morgan fingerprint density at radius 3 is 2.36 bits per heavy atom. The van der Waals surface area contributed by atoms with E-state index in [1.54, 1.807) is 0 Å². The molecule has 0 unspecified atom stereocenters. The van der Waals surface area contributed by atoms with Crippen molar-refractivity contribution in [2.75, 3.05) is 7.11 Å². The van der Waals surface area contributed by atoms with Gasteiger partial charge in [-0.2, -0.15) is 13.2 Å². The number of pyridine rings is 1. The van der Waals surface area contributed by atoms with Gasteiger partial charge in [0.15, 0.2) is 0 Å². The molecule has 1 heterocycles. The number of alkyl halides is 3. The van der Waals surface area contributed by atoms with Gasteiger partial charge in [-0.25, -0.2) is 9.18 Å². The molecule has 0 saturated heterocycles. The van der Waals surface area contributed by atoms with Gasteiger partial charge in [0.1, 0.15) is 5.82 Å². The fourth-order valence-corrected chi connectivity index (χ4v) is 1.94. The van der Waals surface area contributed by atoms with Gasteiger partial charge in [-0.3, -0.25) is 4.98 Å². The molecule has 0 amide bonds. The van der Waals surface area contributed by atoms with Crippen LogP contribution >= 0.6 is 0 Å². The maximum absolute atomic E-state index is 13.9. The molecule has 0 saturated carbocycles. The van der Waals surface area contributed by atoms with E-state index in [-0.39, 0.29) is 16.8 Å². The number of benzene rings is 1. The van der Waals surface area contributed by atoms with Crippen LogP contribution in [0.2, 0.25) is 0 Å². The van der Waals surface area contributed by atoms with Crippen molar-refractivity contribution in [1.82, 2.24) is 4.98 Å². The zero-order chi connectivity index (χ0) is 16.5. The van der Waals surface area contributed by atoms with Crippen molar-refractivity contribution in [2.24, 2.45) is 0 Å². The number of hydrogen-bond acceptors (Lipinski definition) is 3. The summed E-state index contributed by atoms with van der Waals surface area (Å²) in [6.07, 6.45) is -4.61. The Kier molecular flexibility index (Phi) is 4.16. The summed E-state index contributed by atoms with van der Waals surface area (Å²) in [6, 6.07) is 4.95. The van der Waals surface area contributed by atoms with E-state index in [1.807, 2.05) is 0 Å². The molecule has 0 N–H and O–H groups in total. The van der Waals surface area contributed by atoms with E-state index >= 15 is 0 Å². The lowest BCUT2D eigenvalue weighted by molar-refractivity contribution is -0.137. The highest BCUT2D eigenvalue weighted by molar-refractivity contribution is 5.90. The second-order valence-electron chi connectivity index (χ2n) is 4.51. The van der Waals surface area contributed by atoms with E-state index in [1.165, 1.54) is 26.2 Å². The molecule has 0 spiro atoms. The second-order valence-corrected chi connectivity index (χ2v) is 4.51. The maximum Gasteiger partial charge on any atom is 0.416 e. The molecule has 0 atom stereocenters. The number of carbonyl (C=O) groups is 1. The molecule has 0 aliphatic heterocycles. The Morgan fingerprint density at radius 1 is 1.18 bits per heavy atom. The van der Waals surface area contributed by atoms with Crippen LogP contribution in [0.5, 0.6) is 0 Å². The average molecular weight is 313 g/mol. The molecule has 0 aliphatic carbocycles. The molecular weight excluding hydrogens is 302 g/mol. The number of aryl methyl sites for hydroxylation is 1. The molecule has 2 rings (SSSR count). The summed E-state index contributed by atoms with van der Waals surface area (Å²) in [5, 5.41) is 0. The maximum atomic E-state index is 13.9. The van der Waals surface area contributed by atoms with Crippen LogP contribution in [0, 0.1) is 12.7 Å². The highest BCUT2D eigenvalue weighted by Crippen LogP contribution is 2.32. The van der Waals surface area contributed by atoms with Crippen molar-refractivity contribution in [1.29, 1.82) is 0 Å². The Morgan fingerprint density at radius 2 is 1.86 bits per heavy atom. The molecule has 0 aliphatic rings. The molecule has 3 nitrogen and oxygen atoms in total. The van der Waals surface area contributed by atoms with Gasteiger partial charge in [0.05, 0.1) is 29.6 Å². The minimum Gasteiger partial charge on any atom is -0.465 e. The molecule has 22 heavy (non-hydrogen) atoms. The van der Waals surface area contributed by atoms with Gasteiger partial charge in [-0.1, -0.05) is 0 Å². The smallest absolute Gasteiger partial charge is 0.416 e. The topological polar surface area (TPSA) is 39.2 Å². The van der Waals surface area contributed by atoms with Crippen LogP contribution in [0.3, 0.4) is 0 Å². The van der Waals surface area contributed by atoms with Crippen LogP contribution in [-0.2, 0) is 10.9 Å². The standard InChI is InChI=1S/C15H11F4NO2/c1-8-10(14(21)22-2)5-6-13(20-8)11-4-3-9(7-12(11)16)15(17,18)19/h3-7H,1-2H3. The van der Waals surface area contributed by atoms with Gasteiger partial charge in [0.25, 0.3) is 0 Å². The number of esters is 1. The van der Waals surface area contributed by atoms with Crippen LogP contribution in [0.25, 0.3) is 11.3 Å². The van der Waals surface area contributed by atoms with E-state index in [9.17, 15) is 22.4 Å². The van der Waals surface area contributed by atoms with E-state index in [0.29, 0.717) is 11.8 Å². The zero-order valence-corrected chi connectivity index (χ0v) is 11.7. The predicted molar refractivity (Wildman–Crippen MR) is 70.7 cm³/mol. The quantitative estimate of drug-likeness (QED) is 0.621. The van der Waals surface area contributed by atoms with Crippen molar-refractivity contribution in [3.8, 4) is 11.3 Å². The van der Waals surface area contributed by atoms with Gasteiger partial charge in [0.2, 0.25) is 0 Å². The lowest BCUT2D eigenvalue weighted by Gasteiger charge is -2.10. The summed E-state index contributed by atoms with van der Waals surface area (Å²) >= 11 is 0. The average Bonchev–Trinajstić information content (AvgIpc) is 2.45. The minimum absolute atomic E-state index is 0.0764. The highest BCUT2D eigenvalue weighted by Gasteiger charge is 2.31. The monoisotopic (exact) mass is 313 g/mol. The fourth-order valence-electron chi connectivity index (χ4n) is 1.94. The number of ether oxygens (including phenoxy) is 1. The number of methoxy groups -OCH3 is 1. The molecule has 0 fully saturated rings. The van der Waals surface area contributed by atoms with Crippen LogP contribution in [0.15, 0.2) is 30.3 Å². The van der Waals surface area contributed by atoms with Gasteiger partial charge >= 0.3 is 12.1 Å². The number of aromatic nitrogens is 1. The zero-order valence-electron chi connectivity index (χ0n) is 11.7. The summed E-state index contributed by atoms with van der Waals surface area (Å²) in [7, 11) is 1.21. The minimum atomic E-state index is -4.61. The van der Waals surface area contributed by atoms with Crippen LogP contribution in [0.4, 0.5) is 17.6 Å². The Balaban J connectivity index is 2.45. The lowest BCUT2D eigenvalue weighted by atomic mass is 10.1. The summed E-state index contributed by atoms with van der Waals surface area (Å²) in [6.45, 7) is 1.53. The van der Waals surface area contributed by atoms with Gasteiger partial charge in [-0.05, 0) is 37.3 Å². The molecule has 1 aromatic heterocycles. The number of carbonyl (C=O) groups excluding carboxylic acids is 1. The Bertz CT molecular complexity index is 726. The number of halogens is 4. The predicted octanol–water partition coefficient (Wildman–Crippen LogP) is 4.00. The molecule has 0 bridgehead atoms. The van der Waals surface area contributed by atoms with Crippen LogP contribution < -0.4 is 0 Å². The summed E-state index contributed by atoms with van der Waals surface area (Å²) in [5.74, 6) is -1.63.